The Morgan fingerprint density at radius 1 is 1.54 bits per heavy atom. The molecule has 0 aromatic rings. The average molecular weight is 189 g/mol. The van der Waals surface area contributed by atoms with Crippen molar-refractivity contribution in [2.24, 2.45) is 5.92 Å². The number of rotatable bonds is 6. The molecule has 0 aliphatic heterocycles. The molecule has 0 amide bonds. The molecule has 0 aromatic heterocycles. The molecule has 0 rings (SSSR count). The fourth-order valence-corrected chi connectivity index (χ4v) is 1.23. The number of likely N-dealkylation sites (N-methyl/N-ethyl adjacent to an activating group) is 1. The zero-order chi connectivity index (χ0) is 10.3. The first-order chi connectivity index (χ1) is 6.17. The third-order valence-electron chi connectivity index (χ3n) is 1.85. The van der Waals surface area contributed by atoms with Crippen LogP contribution in [0.1, 0.15) is 13.8 Å². The minimum Gasteiger partial charge on any atom is -0.465 e. The van der Waals surface area contributed by atoms with Gasteiger partial charge >= 0.3 is 5.97 Å². The van der Waals surface area contributed by atoms with Crippen LogP contribution in [0.25, 0.3) is 0 Å². The van der Waals surface area contributed by atoms with Gasteiger partial charge in [-0.1, -0.05) is 6.92 Å². The molecule has 0 aliphatic carbocycles. The maximum absolute atomic E-state index is 11.4. The summed E-state index contributed by atoms with van der Waals surface area (Å²) in [7, 11) is 3.36. The number of hydrogen-bond donors (Lipinski definition) is 1. The molecule has 0 aliphatic rings. The molecule has 0 radical (unpaired) electrons. The van der Waals surface area contributed by atoms with E-state index in [1.807, 2.05) is 6.92 Å². The van der Waals surface area contributed by atoms with Crippen LogP contribution in [0.2, 0.25) is 0 Å². The fraction of sp³-hybridized carbons (Fsp3) is 0.889. The first-order valence-electron chi connectivity index (χ1n) is 4.50. The van der Waals surface area contributed by atoms with E-state index in [9.17, 15) is 4.79 Å². The van der Waals surface area contributed by atoms with Gasteiger partial charge in [0.05, 0.1) is 13.2 Å². The maximum Gasteiger partial charge on any atom is 0.323 e. The number of nitrogens with one attached hydrogen (secondary N) is 1. The van der Waals surface area contributed by atoms with Crippen molar-refractivity contribution < 1.29 is 14.3 Å². The van der Waals surface area contributed by atoms with Crippen molar-refractivity contribution in [3.05, 3.63) is 0 Å². The summed E-state index contributed by atoms with van der Waals surface area (Å²) in [5.41, 5.74) is 0. The predicted molar refractivity (Wildman–Crippen MR) is 50.5 cm³/mol. The Kier molecular flexibility index (Phi) is 6.54. The van der Waals surface area contributed by atoms with E-state index < -0.39 is 0 Å². The van der Waals surface area contributed by atoms with Crippen LogP contribution in [-0.2, 0) is 14.3 Å². The zero-order valence-electron chi connectivity index (χ0n) is 8.79. The molecule has 4 nitrogen and oxygen atoms in total. The van der Waals surface area contributed by atoms with Gasteiger partial charge in [0.1, 0.15) is 6.04 Å². The van der Waals surface area contributed by atoms with Gasteiger partial charge in [0.2, 0.25) is 0 Å². The van der Waals surface area contributed by atoms with Crippen molar-refractivity contribution in [2.45, 2.75) is 19.9 Å². The second-order valence-electron chi connectivity index (χ2n) is 2.95. The Morgan fingerprint density at radius 3 is 2.54 bits per heavy atom. The normalized spacial score (nSPS) is 15.1. The summed E-state index contributed by atoms with van der Waals surface area (Å²) in [4.78, 5) is 11.4. The van der Waals surface area contributed by atoms with Gasteiger partial charge in [-0.05, 0) is 14.0 Å². The summed E-state index contributed by atoms with van der Waals surface area (Å²) < 4.78 is 9.87. The fourth-order valence-electron chi connectivity index (χ4n) is 1.23. The van der Waals surface area contributed by atoms with Crippen LogP contribution in [0, 0.1) is 5.92 Å². The first kappa shape index (κ1) is 12.4. The van der Waals surface area contributed by atoms with Crippen molar-refractivity contribution in [3.63, 3.8) is 0 Å². The molecule has 13 heavy (non-hydrogen) atoms. The lowest BCUT2D eigenvalue weighted by Crippen LogP contribution is -2.42. The number of hydrogen-bond acceptors (Lipinski definition) is 4. The predicted octanol–water partition coefficient (Wildman–Crippen LogP) is 0.420. The molecule has 4 heteroatoms. The molecule has 0 heterocycles. The largest absolute Gasteiger partial charge is 0.465 e. The van der Waals surface area contributed by atoms with Crippen molar-refractivity contribution >= 4 is 5.97 Å². The molecule has 0 saturated heterocycles. The van der Waals surface area contributed by atoms with Crippen LogP contribution in [0.4, 0.5) is 0 Å². The zero-order valence-corrected chi connectivity index (χ0v) is 8.79. The molecular weight excluding hydrogens is 170 g/mol. The lowest BCUT2D eigenvalue weighted by Gasteiger charge is -2.20. The van der Waals surface area contributed by atoms with Crippen LogP contribution in [0.3, 0.4) is 0 Å². The second kappa shape index (κ2) is 6.86. The van der Waals surface area contributed by atoms with E-state index >= 15 is 0 Å². The maximum atomic E-state index is 11.4. The summed E-state index contributed by atoms with van der Waals surface area (Å²) in [6.07, 6.45) is 0. The van der Waals surface area contributed by atoms with Gasteiger partial charge in [0, 0.05) is 13.0 Å². The topological polar surface area (TPSA) is 47.6 Å². The van der Waals surface area contributed by atoms with E-state index in [0.717, 1.165) is 0 Å². The van der Waals surface area contributed by atoms with Crippen LogP contribution in [0.15, 0.2) is 0 Å². The van der Waals surface area contributed by atoms with E-state index in [2.05, 4.69) is 5.32 Å². The molecule has 0 saturated carbocycles. The molecule has 0 fully saturated rings. The van der Waals surface area contributed by atoms with Gasteiger partial charge in [0.25, 0.3) is 0 Å². The average Bonchev–Trinajstić information content (AvgIpc) is 2.06. The number of carbonyl (C=O) groups excluding carboxylic acids is 1. The highest BCUT2D eigenvalue weighted by atomic mass is 16.5. The third kappa shape index (κ3) is 4.24. The van der Waals surface area contributed by atoms with Crippen LogP contribution in [-0.4, -0.2) is 39.4 Å². The Morgan fingerprint density at radius 2 is 2.15 bits per heavy atom. The number of ether oxygens (including phenoxy) is 2. The SMILES string of the molecule is CCOC(=O)C(NC)C(C)COC. The Labute approximate surface area is 79.6 Å². The molecule has 78 valence electrons. The number of carbonyl (C=O) groups is 1. The Bertz CT molecular complexity index is 150. The van der Waals surface area contributed by atoms with E-state index in [-0.39, 0.29) is 17.9 Å². The number of esters is 1. The molecule has 2 atom stereocenters. The molecular formula is C9H19NO3. The summed E-state index contributed by atoms with van der Waals surface area (Å²) in [6, 6.07) is -0.278. The van der Waals surface area contributed by atoms with Crippen LogP contribution < -0.4 is 5.32 Å². The molecule has 1 N–H and O–H groups in total. The highest BCUT2D eigenvalue weighted by Gasteiger charge is 2.24. The highest BCUT2D eigenvalue weighted by Crippen LogP contribution is 2.04. The lowest BCUT2D eigenvalue weighted by atomic mass is 10.0. The van der Waals surface area contributed by atoms with Gasteiger partial charge in [-0.15, -0.1) is 0 Å². The van der Waals surface area contributed by atoms with E-state index in [0.29, 0.717) is 13.2 Å². The van der Waals surface area contributed by atoms with E-state index in [1.165, 1.54) is 0 Å². The second-order valence-corrected chi connectivity index (χ2v) is 2.95. The molecule has 0 aromatic carbocycles. The van der Waals surface area contributed by atoms with Crippen LogP contribution >= 0.6 is 0 Å². The van der Waals surface area contributed by atoms with Gasteiger partial charge in [-0.25, -0.2) is 0 Å². The first-order valence-corrected chi connectivity index (χ1v) is 4.50. The summed E-state index contributed by atoms with van der Waals surface area (Å²) in [5, 5.41) is 2.92. The highest BCUT2D eigenvalue weighted by molar-refractivity contribution is 5.76. The van der Waals surface area contributed by atoms with Crippen molar-refractivity contribution in [3.8, 4) is 0 Å². The standard InChI is InChI=1S/C9H19NO3/c1-5-13-9(11)8(10-3)7(2)6-12-4/h7-8,10H,5-6H2,1-4H3. The van der Waals surface area contributed by atoms with Gasteiger partial charge in [-0.3, -0.25) is 4.79 Å². The smallest absolute Gasteiger partial charge is 0.323 e. The molecule has 0 spiro atoms. The minimum atomic E-state index is -0.278. The summed E-state index contributed by atoms with van der Waals surface area (Å²) in [6.45, 7) is 4.70. The third-order valence-corrected chi connectivity index (χ3v) is 1.85. The molecule has 0 bridgehead atoms. The van der Waals surface area contributed by atoms with E-state index in [1.54, 1.807) is 21.1 Å². The van der Waals surface area contributed by atoms with Crippen molar-refractivity contribution in [1.29, 1.82) is 0 Å². The van der Waals surface area contributed by atoms with Gasteiger partial charge in [0.15, 0.2) is 0 Å². The monoisotopic (exact) mass is 189 g/mol. The summed E-state index contributed by atoms with van der Waals surface area (Å²) >= 11 is 0. The lowest BCUT2D eigenvalue weighted by molar-refractivity contribution is -0.147. The van der Waals surface area contributed by atoms with Gasteiger partial charge < -0.3 is 14.8 Å². The van der Waals surface area contributed by atoms with E-state index in [4.69, 9.17) is 9.47 Å². The van der Waals surface area contributed by atoms with Crippen molar-refractivity contribution in [2.75, 3.05) is 27.4 Å². The Hall–Kier alpha value is -0.610. The molecule has 2 unspecified atom stereocenters. The van der Waals surface area contributed by atoms with Gasteiger partial charge in [-0.2, -0.15) is 0 Å². The van der Waals surface area contributed by atoms with Crippen LogP contribution in [0.5, 0.6) is 0 Å². The van der Waals surface area contributed by atoms with Crippen molar-refractivity contribution in [1.82, 2.24) is 5.32 Å². The Balaban J connectivity index is 4.06. The quantitative estimate of drug-likeness (QED) is 0.615. The number of methoxy groups -OCH3 is 1. The summed E-state index contributed by atoms with van der Waals surface area (Å²) in [5.74, 6) is -0.0939. The minimum absolute atomic E-state index is 0.119.